The first kappa shape index (κ1) is 13.9. The van der Waals surface area contributed by atoms with E-state index in [2.05, 4.69) is 41.7 Å². The highest BCUT2D eigenvalue weighted by Gasteiger charge is 2.33. The van der Waals surface area contributed by atoms with Crippen molar-refractivity contribution in [2.45, 2.75) is 20.4 Å². The molecule has 106 valence electrons. The lowest BCUT2D eigenvalue weighted by Crippen LogP contribution is -2.51. The standard InChI is InChI=1S/C14H24N4O/c1-4-15-13(17-9-14(2)10-19-11-14)16-7-12-5-6-18(3)8-12/h5-6,8H,4,7,9-11H2,1-3H3,(H2,15,16,17). The maximum atomic E-state index is 5.26. The van der Waals surface area contributed by atoms with E-state index in [4.69, 9.17) is 4.74 Å². The van der Waals surface area contributed by atoms with Gasteiger partial charge in [0, 0.05) is 37.9 Å². The van der Waals surface area contributed by atoms with Crippen LogP contribution in [0.15, 0.2) is 23.5 Å². The number of guanidine groups is 1. The van der Waals surface area contributed by atoms with Crippen molar-refractivity contribution in [2.75, 3.05) is 26.3 Å². The van der Waals surface area contributed by atoms with Crippen molar-refractivity contribution in [3.63, 3.8) is 0 Å². The van der Waals surface area contributed by atoms with E-state index in [9.17, 15) is 0 Å². The molecule has 19 heavy (non-hydrogen) atoms. The summed E-state index contributed by atoms with van der Waals surface area (Å²) in [5.74, 6) is 0.875. The Morgan fingerprint density at radius 3 is 2.79 bits per heavy atom. The second kappa shape index (κ2) is 6.10. The van der Waals surface area contributed by atoms with Gasteiger partial charge in [-0.05, 0) is 18.6 Å². The molecule has 1 saturated heterocycles. The van der Waals surface area contributed by atoms with Gasteiger partial charge in [0.2, 0.25) is 0 Å². The predicted molar refractivity (Wildman–Crippen MR) is 77.2 cm³/mol. The van der Waals surface area contributed by atoms with Gasteiger partial charge in [0.25, 0.3) is 0 Å². The minimum Gasteiger partial charge on any atom is -0.380 e. The Balaban J connectivity index is 1.87. The van der Waals surface area contributed by atoms with Crippen molar-refractivity contribution < 1.29 is 4.74 Å². The summed E-state index contributed by atoms with van der Waals surface area (Å²) in [6, 6.07) is 2.09. The summed E-state index contributed by atoms with van der Waals surface area (Å²) in [4.78, 5) is 4.60. The fourth-order valence-electron chi connectivity index (χ4n) is 2.02. The van der Waals surface area contributed by atoms with Crippen molar-refractivity contribution in [1.29, 1.82) is 0 Å². The summed E-state index contributed by atoms with van der Waals surface area (Å²) < 4.78 is 7.30. The molecule has 0 aliphatic carbocycles. The molecule has 1 fully saturated rings. The SMILES string of the molecule is CCNC(=NCc1ccn(C)c1)NCC1(C)COC1. The van der Waals surface area contributed by atoms with Gasteiger partial charge in [-0.3, -0.25) is 0 Å². The van der Waals surface area contributed by atoms with E-state index in [0.29, 0.717) is 6.54 Å². The molecule has 2 heterocycles. The molecule has 0 amide bonds. The summed E-state index contributed by atoms with van der Waals surface area (Å²) >= 11 is 0. The summed E-state index contributed by atoms with van der Waals surface area (Å²) in [5.41, 5.74) is 1.47. The first-order chi connectivity index (χ1) is 9.11. The van der Waals surface area contributed by atoms with E-state index in [1.807, 2.05) is 17.8 Å². The summed E-state index contributed by atoms with van der Waals surface area (Å²) in [5, 5.41) is 6.66. The molecule has 0 unspecified atom stereocenters. The monoisotopic (exact) mass is 264 g/mol. The molecule has 0 atom stereocenters. The lowest BCUT2D eigenvalue weighted by molar-refractivity contribution is -0.0971. The number of aromatic nitrogens is 1. The van der Waals surface area contributed by atoms with Crippen LogP contribution in [0.3, 0.4) is 0 Å². The fourth-order valence-corrected chi connectivity index (χ4v) is 2.02. The molecular weight excluding hydrogens is 240 g/mol. The van der Waals surface area contributed by atoms with Gasteiger partial charge in [0.1, 0.15) is 0 Å². The molecule has 0 saturated carbocycles. The Labute approximate surface area is 115 Å². The van der Waals surface area contributed by atoms with Crippen LogP contribution in [0.25, 0.3) is 0 Å². The fraction of sp³-hybridized carbons (Fsp3) is 0.643. The molecule has 0 radical (unpaired) electrons. The second-order valence-electron chi connectivity index (χ2n) is 5.54. The molecule has 2 N–H and O–H groups in total. The molecule has 1 aromatic heterocycles. The van der Waals surface area contributed by atoms with E-state index in [-0.39, 0.29) is 5.41 Å². The van der Waals surface area contributed by atoms with Gasteiger partial charge in [0.15, 0.2) is 5.96 Å². The topological polar surface area (TPSA) is 50.6 Å². The van der Waals surface area contributed by atoms with Gasteiger partial charge in [-0.25, -0.2) is 4.99 Å². The normalized spacial score (nSPS) is 17.9. The van der Waals surface area contributed by atoms with Gasteiger partial charge < -0.3 is 19.9 Å². The Morgan fingerprint density at radius 2 is 2.26 bits per heavy atom. The molecule has 1 aliphatic heterocycles. The number of aliphatic imine (C=N–C) groups is 1. The Morgan fingerprint density at radius 1 is 1.47 bits per heavy atom. The van der Waals surface area contributed by atoms with Gasteiger partial charge in [-0.15, -0.1) is 0 Å². The van der Waals surface area contributed by atoms with E-state index in [0.717, 1.165) is 32.3 Å². The number of rotatable bonds is 5. The third-order valence-electron chi connectivity index (χ3n) is 3.24. The van der Waals surface area contributed by atoms with Gasteiger partial charge in [-0.1, -0.05) is 6.92 Å². The zero-order valence-electron chi connectivity index (χ0n) is 12.1. The van der Waals surface area contributed by atoms with Gasteiger partial charge >= 0.3 is 0 Å². The molecule has 0 spiro atoms. The molecule has 1 aliphatic rings. The van der Waals surface area contributed by atoms with Gasteiger partial charge in [-0.2, -0.15) is 0 Å². The number of hydrogen-bond donors (Lipinski definition) is 2. The maximum absolute atomic E-state index is 5.26. The van der Waals surface area contributed by atoms with E-state index in [1.54, 1.807) is 0 Å². The number of aryl methyl sites for hydroxylation is 1. The number of nitrogens with one attached hydrogen (secondary N) is 2. The van der Waals surface area contributed by atoms with Crippen molar-refractivity contribution in [3.8, 4) is 0 Å². The average molecular weight is 264 g/mol. The first-order valence-corrected chi connectivity index (χ1v) is 6.82. The molecule has 0 bridgehead atoms. The highest BCUT2D eigenvalue weighted by atomic mass is 16.5. The highest BCUT2D eigenvalue weighted by Crippen LogP contribution is 2.24. The van der Waals surface area contributed by atoms with Crippen LogP contribution < -0.4 is 10.6 Å². The van der Waals surface area contributed by atoms with E-state index in [1.165, 1.54) is 5.56 Å². The molecular formula is C14H24N4O. The number of ether oxygens (including phenoxy) is 1. The van der Waals surface area contributed by atoms with Crippen LogP contribution in [0, 0.1) is 5.41 Å². The molecule has 1 aromatic rings. The van der Waals surface area contributed by atoms with Crippen LogP contribution in [-0.4, -0.2) is 36.8 Å². The summed E-state index contributed by atoms with van der Waals surface area (Å²) in [6.07, 6.45) is 4.13. The Kier molecular flexibility index (Phi) is 4.47. The van der Waals surface area contributed by atoms with Crippen LogP contribution >= 0.6 is 0 Å². The summed E-state index contributed by atoms with van der Waals surface area (Å²) in [7, 11) is 2.02. The van der Waals surface area contributed by atoms with Crippen LogP contribution in [0.2, 0.25) is 0 Å². The maximum Gasteiger partial charge on any atom is 0.191 e. The predicted octanol–water partition coefficient (Wildman–Crippen LogP) is 1.12. The Hall–Kier alpha value is -1.49. The molecule has 5 heteroatoms. The van der Waals surface area contributed by atoms with Crippen molar-refractivity contribution in [3.05, 3.63) is 24.0 Å². The lowest BCUT2D eigenvalue weighted by Gasteiger charge is -2.38. The largest absolute Gasteiger partial charge is 0.380 e. The van der Waals surface area contributed by atoms with Gasteiger partial charge in [0.05, 0.1) is 19.8 Å². The van der Waals surface area contributed by atoms with E-state index >= 15 is 0 Å². The lowest BCUT2D eigenvalue weighted by atomic mass is 9.89. The van der Waals surface area contributed by atoms with Crippen LogP contribution in [0.5, 0.6) is 0 Å². The van der Waals surface area contributed by atoms with E-state index < -0.39 is 0 Å². The molecule has 5 nitrogen and oxygen atoms in total. The Bertz CT molecular complexity index is 434. The van der Waals surface area contributed by atoms with Crippen LogP contribution in [0.1, 0.15) is 19.4 Å². The third kappa shape index (κ3) is 3.99. The second-order valence-corrected chi connectivity index (χ2v) is 5.54. The zero-order chi connectivity index (χ0) is 13.7. The van der Waals surface area contributed by atoms with Crippen LogP contribution in [-0.2, 0) is 18.3 Å². The first-order valence-electron chi connectivity index (χ1n) is 6.82. The molecule has 2 rings (SSSR count). The molecule has 0 aromatic carbocycles. The van der Waals surface area contributed by atoms with Crippen LogP contribution in [0.4, 0.5) is 0 Å². The summed E-state index contributed by atoms with van der Waals surface area (Å²) in [6.45, 7) is 8.43. The highest BCUT2D eigenvalue weighted by molar-refractivity contribution is 5.79. The quantitative estimate of drug-likeness (QED) is 0.619. The average Bonchev–Trinajstić information content (AvgIpc) is 2.76. The van der Waals surface area contributed by atoms with Crippen molar-refractivity contribution in [1.82, 2.24) is 15.2 Å². The van der Waals surface area contributed by atoms with Crippen molar-refractivity contribution in [2.24, 2.45) is 17.5 Å². The minimum absolute atomic E-state index is 0.253. The zero-order valence-corrected chi connectivity index (χ0v) is 12.1. The third-order valence-corrected chi connectivity index (χ3v) is 3.24. The number of nitrogens with zero attached hydrogens (tertiary/aromatic N) is 2. The minimum atomic E-state index is 0.253. The number of hydrogen-bond acceptors (Lipinski definition) is 2. The smallest absolute Gasteiger partial charge is 0.191 e. The van der Waals surface area contributed by atoms with Crippen molar-refractivity contribution >= 4 is 5.96 Å².